The van der Waals surface area contributed by atoms with E-state index >= 15 is 0 Å². The molecule has 4 rings (SSSR count). The molecular formula is C31H36F3N3O8S. The van der Waals surface area contributed by atoms with Gasteiger partial charge in [-0.3, -0.25) is 9.59 Å². The molecule has 11 nitrogen and oxygen atoms in total. The molecule has 2 aliphatic rings. The number of nitrogens with zero attached hydrogens (tertiary/aromatic N) is 1. The van der Waals surface area contributed by atoms with Gasteiger partial charge in [-0.15, -0.1) is 11.8 Å². The van der Waals surface area contributed by atoms with Gasteiger partial charge in [-0.2, -0.15) is 0 Å². The summed E-state index contributed by atoms with van der Waals surface area (Å²) in [4.78, 5) is 52.5. The third-order valence-corrected chi connectivity index (χ3v) is 8.02. The van der Waals surface area contributed by atoms with Crippen LogP contribution < -0.4 is 20.1 Å². The number of amides is 3. The molecule has 46 heavy (non-hydrogen) atoms. The second kappa shape index (κ2) is 15.0. The van der Waals surface area contributed by atoms with Gasteiger partial charge in [0.15, 0.2) is 28.5 Å². The molecule has 0 aliphatic carbocycles. The topological polar surface area (TPSA) is 132 Å². The largest absolute Gasteiger partial charge is 0.485 e. The summed E-state index contributed by atoms with van der Waals surface area (Å²) in [6.07, 6.45) is -2.46. The van der Waals surface area contributed by atoms with Gasteiger partial charge in [0.05, 0.1) is 6.61 Å². The fourth-order valence-corrected chi connectivity index (χ4v) is 5.92. The van der Waals surface area contributed by atoms with Crippen molar-refractivity contribution in [3.8, 4) is 11.5 Å². The number of hydrogen-bond acceptors (Lipinski definition) is 9. The first-order valence-corrected chi connectivity index (χ1v) is 15.7. The molecule has 0 radical (unpaired) electrons. The average Bonchev–Trinajstić information content (AvgIpc) is 3.48. The van der Waals surface area contributed by atoms with Crippen molar-refractivity contribution in [2.45, 2.75) is 70.2 Å². The third kappa shape index (κ3) is 9.21. The summed E-state index contributed by atoms with van der Waals surface area (Å²) in [7, 11) is 0. The van der Waals surface area contributed by atoms with Crippen LogP contribution in [0.5, 0.6) is 11.5 Å². The van der Waals surface area contributed by atoms with Crippen LogP contribution in [-0.4, -0.2) is 77.4 Å². The summed E-state index contributed by atoms with van der Waals surface area (Å²) in [5, 5.41) is 4.45. The number of fused-ring (bicyclic) bond motifs is 1. The molecule has 0 saturated carbocycles. The molecule has 2 N–H and O–H groups in total. The van der Waals surface area contributed by atoms with Crippen LogP contribution in [0.3, 0.4) is 0 Å². The van der Waals surface area contributed by atoms with Crippen LogP contribution >= 0.6 is 11.8 Å². The van der Waals surface area contributed by atoms with Gasteiger partial charge >= 0.3 is 12.1 Å². The Balaban J connectivity index is 1.39. The summed E-state index contributed by atoms with van der Waals surface area (Å²) in [5.74, 6) is -3.91. The number of hydrogen-bond donors (Lipinski definition) is 2. The zero-order chi connectivity index (χ0) is 33.6. The van der Waals surface area contributed by atoms with Gasteiger partial charge in [-0.1, -0.05) is 6.07 Å². The number of alkyl carbamates (subject to hydrolysis) is 1. The van der Waals surface area contributed by atoms with Crippen molar-refractivity contribution < 1.29 is 51.3 Å². The number of halogens is 3. The summed E-state index contributed by atoms with van der Waals surface area (Å²) in [6, 6.07) is 5.01. The molecule has 1 saturated heterocycles. The van der Waals surface area contributed by atoms with Crippen LogP contribution in [0.2, 0.25) is 0 Å². The number of carbonyl (C=O) groups excluding carboxylic acids is 4. The average molecular weight is 668 g/mol. The van der Waals surface area contributed by atoms with Crippen molar-refractivity contribution in [1.82, 2.24) is 15.5 Å². The van der Waals surface area contributed by atoms with Crippen LogP contribution in [0.25, 0.3) is 0 Å². The number of thioether (sulfide) groups is 1. The van der Waals surface area contributed by atoms with Gasteiger partial charge in [0, 0.05) is 37.4 Å². The Morgan fingerprint density at radius 2 is 1.80 bits per heavy atom. The highest BCUT2D eigenvalue weighted by Crippen LogP contribution is 2.33. The number of rotatable bonds is 10. The molecule has 3 atom stereocenters. The van der Waals surface area contributed by atoms with E-state index in [-0.39, 0.29) is 44.7 Å². The smallest absolute Gasteiger partial charge is 0.407 e. The minimum absolute atomic E-state index is 0.0239. The number of nitrogens with one attached hydrogen (secondary N) is 2. The second-order valence-electron chi connectivity index (χ2n) is 11.6. The van der Waals surface area contributed by atoms with Crippen molar-refractivity contribution in [1.29, 1.82) is 0 Å². The van der Waals surface area contributed by atoms with Crippen LogP contribution in [0, 0.1) is 17.5 Å². The lowest BCUT2D eigenvalue weighted by molar-refractivity contribution is -0.154. The molecule has 15 heteroatoms. The predicted molar refractivity (Wildman–Crippen MR) is 161 cm³/mol. The minimum Gasteiger partial charge on any atom is -0.485 e. The Morgan fingerprint density at radius 3 is 2.52 bits per heavy atom. The molecule has 250 valence electrons. The van der Waals surface area contributed by atoms with Crippen molar-refractivity contribution in [2.24, 2.45) is 0 Å². The van der Waals surface area contributed by atoms with Crippen molar-refractivity contribution in [3.63, 3.8) is 0 Å². The Bertz CT molecular complexity index is 1470. The van der Waals surface area contributed by atoms with Crippen molar-refractivity contribution >= 4 is 35.6 Å². The molecule has 0 spiro atoms. The first kappa shape index (κ1) is 34.7. The monoisotopic (exact) mass is 667 g/mol. The summed E-state index contributed by atoms with van der Waals surface area (Å²) in [6.45, 7) is 7.14. The van der Waals surface area contributed by atoms with E-state index in [0.717, 1.165) is 0 Å². The van der Waals surface area contributed by atoms with E-state index in [0.29, 0.717) is 34.9 Å². The normalized spacial score (nSPS) is 18.0. The maximum absolute atomic E-state index is 14.5. The van der Waals surface area contributed by atoms with Crippen LogP contribution in [0.4, 0.5) is 18.0 Å². The SMILES string of the molecule is CCOC(=O)C1COc2cc(CNC(=O)C3SCCN3C(=O)C[C@@H](Cc3cc(F)c(F)cc3F)NC(=O)OC(C)(C)C)ccc2O1. The van der Waals surface area contributed by atoms with Crippen LogP contribution in [0.1, 0.15) is 45.2 Å². The molecule has 0 aromatic heterocycles. The fraction of sp³-hybridized carbons (Fsp3) is 0.484. The standard InChI is InChI=1S/C31H36F3N3O8S/c1-5-42-29(40)25-16-43-24-10-17(6-7-23(24)44-25)15-35-27(39)28-37(8-9-46-28)26(38)13-19(36-30(41)45-31(2,3)4)11-18-12-21(33)22(34)14-20(18)32/h6-7,10,12,14,19,25,28H,5,8-9,11,13,15-16H2,1-4H3,(H,35,39)(H,36,41)/t19-,25?,28?/m1/s1. The summed E-state index contributed by atoms with van der Waals surface area (Å²) < 4.78 is 63.4. The van der Waals surface area contributed by atoms with E-state index in [4.69, 9.17) is 18.9 Å². The maximum atomic E-state index is 14.5. The summed E-state index contributed by atoms with van der Waals surface area (Å²) in [5.41, 5.74) is -0.432. The van der Waals surface area contributed by atoms with Gasteiger partial charge in [-0.05, 0) is 63.4 Å². The number of benzene rings is 2. The first-order valence-electron chi connectivity index (χ1n) is 14.6. The van der Waals surface area contributed by atoms with E-state index < -0.39 is 64.4 Å². The first-order chi connectivity index (χ1) is 21.7. The predicted octanol–water partition coefficient (Wildman–Crippen LogP) is 3.85. The molecule has 2 aromatic carbocycles. The molecule has 2 aromatic rings. The highest BCUT2D eigenvalue weighted by atomic mass is 32.2. The van der Waals surface area contributed by atoms with Gasteiger partial charge in [0.1, 0.15) is 18.0 Å². The van der Waals surface area contributed by atoms with Gasteiger partial charge in [0.25, 0.3) is 5.91 Å². The number of ether oxygens (including phenoxy) is 4. The molecule has 1 fully saturated rings. The molecule has 2 unspecified atom stereocenters. The van der Waals surface area contributed by atoms with Gasteiger partial charge < -0.3 is 34.5 Å². The van der Waals surface area contributed by atoms with E-state index in [9.17, 15) is 32.3 Å². The van der Waals surface area contributed by atoms with Gasteiger partial charge in [-0.25, -0.2) is 22.8 Å². The number of carbonyl (C=O) groups is 4. The van der Waals surface area contributed by atoms with E-state index in [1.807, 2.05) is 0 Å². The van der Waals surface area contributed by atoms with Crippen LogP contribution in [0.15, 0.2) is 30.3 Å². The summed E-state index contributed by atoms with van der Waals surface area (Å²) >= 11 is 1.25. The molecule has 2 aliphatic heterocycles. The minimum atomic E-state index is -1.36. The Labute approximate surface area is 268 Å². The molecule has 0 bridgehead atoms. The lowest BCUT2D eigenvalue weighted by Gasteiger charge is -2.27. The Hall–Kier alpha value is -4.14. The molecule has 3 amide bonds. The Morgan fingerprint density at radius 1 is 1.07 bits per heavy atom. The fourth-order valence-electron chi connectivity index (χ4n) is 4.76. The van der Waals surface area contributed by atoms with E-state index in [1.165, 1.54) is 16.7 Å². The van der Waals surface area contributed by atoms with Gasteiger partial charge in [0.2, 0.25) is 12.0 Å². The second-order valence-corrected chi connectivity index (χ2v) is 12.8. The molecular weight excluding hydrogens is 631 g/mol. The quantitative estimate of drug-likeness (QED) is 0.287. The highest BCUT2D eigenvalue weighted by molar-refractivity contribution is 8.00. The Kier molecular flexibility index (Phi) is 11.3. The lowest BCUT2D eigenvalue weighted by atomic mass is 10.0. The van der Waals surface area contributed by atoms with Crippen LogP contribution in [-0.2, 0) is 36.8 Å². The zero-order valence-corrected chi connectivity index (χ0v) is 26.6. The van der Waals surface area contributed by atoms with E-state index in [1.54, 1.807) is 45.9 Å². The van der Waals surface area contributed by atoms with E-state index in [2.05, 4.69) is 10.6 Å². The third-order valence-electron chi connectivity index (χ3n) is 6.82. The highest BCUT2D eigenvalue weighted by Gasteiger charge is 2.36. The molecule has 2 heterocycles. The zero-order valence-electron chi connectivity index (χ0n) is 25.8. The maximum Gasteiger partial charge on any atom is 0.407 e. The van der Waals surface area contributed by atoms with Crippen molar-refractivity contribution in [3.05, 3.63) is 58.9 Å². The van der Waals surface area contributed by atoms with Crippen molar-refractivity contribution in [2.75, 3.05) is 25.5 Å². The lowest BCUT2D eigenvalue weighted by Crippen LogP contribution is -2.48. The number of esters is 1.